The number of anilines is 1. The van der Waals surface area contributed by atoms with Crippen molar-refractivity contribution in [3.8, 4) is 5.75 Å². The standard InChI is InChI=1S/C19H27N5O4S2/c1-13-10-18(29-23-13)22-19(25)21-17-6-7-24(8-9-30(3,26)27)12-15(17)16-5-4-14(28-2)11-20-16/h4-5,10-11,15,17H,6-9,12H2,1-3H3,(H2,21,22,25). The van der Waals surface area contributed by atoms with E-state index in [1.165, 1.54) is 17.8 Å². The van der Waals surface area contributed by atoms with Crippen molar-refractivity contribution in [3.05, 3.63) is 35.8 Å². The van der Waals surface area contributed by atoms with Crippen molar-refractivity contribution in [2.75, 3.05) is 44.1 Å². The fourth-order valence-corrected chi connectivity index (χ4v) is 4.71. The zero-order chi connectivity index (χ0) is 21.7. The van der Waals surface area contributed by atoms with Gasteiger partial charge in [-0.15, -0.1) is 0 Å². The summed E-state index contributed by atoms with van der Waals surface area (Å²) < 4.78 is 32.5. The van der Waals surface area contributed by atoms with E-state index in [0.717, 1.165) is 11.4 Å². The van der Waals surface area contributed by atoms with E-state index in [0.29, 0.717) is 36.8 Å². The topological polar surface area (TPSA) is 114 Å². The number of rotatable bonds is 7. The molecule has 2 unspecified atom stereocenters. The molecule has 0 bridgehead atoms. The fraction of sp³-hybridized carbons (Fsp3) is 0.526. The highest BCUT2D eigenvalue weighted by Crippen LogP contribution is 2.27. The molecular weight excluding hydrogens is 426 g/mol. The number of urea groups is 1. The molecule has 2 aromatic heterocycles. The molecule has 0 radical (unpaired) electrons. The summed E-state index contributed by atoms with van der Waals surface area (Å²) >= 11 is 1.24. The Labute approximate surface area is 180 Å². The molecule has 30 heavy (non-hydrogen) atoms. The Bertz CT molecular complexity index is 962. The van der Waals surface area contributed by atoms with Crippen molar-refractivity contribution in [2.24, 2.45) is 0 Å². The number of carbonyl (C=O) groups is 1. The fourth-order valence-electron chi connectivity index (χ4n) is 3.46. The van der Waals surface area contributed by atoms with Crippen molar-refractivity contribution in [2.45, 2.75) is 25.3 Å². The van der Waals surface area contributed by atoms with Gasteiger partial charge in [0, 0.05) is 43.5 Å². The van der Waals surface area contributed by atoms with Crippen LogP contribution in [-0.2, 0) is 9.84 Å². The minimum Gasteiger partial charge on any atom is -0.495 e. The Morgan fingerprint density at radius 3 is 2.80 bits per heavy atom. The number of ether oxygens (including phenoxy) is 1. The first-order valence-corrected chi connectivity index (χ1v) is 12.5. The number of carbonyl (C=O) groups excluding carboxylic acids is 1. The number of hydrogen-bond acceptors (Lipinski definition) is 8. The number of aryl methyl sites for hydroxylation is 1. The highest BCUT2D eigenvalue weighted by atomic mass is 32.2. The van der Waals surface area contributed by atoms with Gasteiger partial charge in [-0.05, 0) is 43.1 Å². The molecule has 3 heterocycles. The zero-order valence-corrected chi connectivity index (χ0v) is 18.9. The van der Waals surface area contributed by atoms with Gasteiger partial charge in [-0.25, -0.2) is 13.2 Å². The lowest BCUT2D eigenvalue weighted by atomic mass is 9.89. The van der Waals surface area contributed by atoms with Crippen LogP contribution in [0.5, 0.6) is 5.75 Å². The first kappa shape index (κ1) is 22.4. The molecular formula is C19H27N5O4S2. The van der Waals surface area contributed by atoms with Gasteiger partial charge in [-0.2, -0.15) is 4.37 Å². The molecule has 3 rings (SSSR count). The normalized spacial score (nSPS) is 20.0. The maximum atomic E-state index is 12.5. The number of methoxy groups -OCH3 is 1. The first-order valence-electron chi connectivity index (χ1n) is 9.64. The van der Waals surface area contributed by atoms with E-state index >= 15 is 0 Å². The Kier molecular flexibility index (Phi) is 7.27. The summed E-state index contributed by atoms with van der Waals surface area (Å²) in [5.41, 5.74) is 1.69. The number of amides is 2. The molecule has 1 aliphatic heterocycles. The molecule has 1 aliphatic rings. The molecule has 2 aromatic rings. The average molecular weight is 454 g/mol. The van der Waals surface area contributed by atoms with Crippen LogP contribution in [0, 0.1) is 6.92 Å². The molecule has 164 valence electrons. The summed E-state index contributed by atoms with van der Waals surface area (Å²) in [4.78, 5) is 19.2. The van der Waals surface area contributed by atoms with Crippen molar-refractivity contribution < 1.29 is 17.9 Å². The molecule has 0 spiro atoms. The highest BCUT2D eigenvalue weighted by molar-refractivity contribution is 7.90. The van der Waals surface area contributed by atoms with E-state index in [1.807, 2.05) is 25.1 Å². The number of aromatic nitrogens is 2. The molecule has 1 fully saturated rings. The molecule has 2 N–H and O–H groups in total. The summed E-state index contributed by atoms with van der Waals surface area (Å²) in [6.07, 6.45) is 3.59. The third-order valence-electron chi connectivity index (χ3n) is 5.03. The second-order valence-electron chi connectivity index (χ2n) is 7.49. The number of sulfone groups is 1. The van der Waals surface area contributed by atoms with Crippen LogP contribution in [0.2, 0.25) is 0 Å². The molecule has 1 saturated heterocycles. The van der Waals surface area contributed by atoms with Crippen LogP contribution < -0.4 is 15.4 Å². The van der Waals surface area contributed by atoms with Gasteiger partial charge < -0.3 is 15.0 Å². The van der Waals surface area contributed by atoms with E-state index < -0.39 is 9.84 Å². The molecule has 0 aromatic carbocycles. The first-order chi connectivity index (χ1) is 14.2. The van der Waals surface area contributed by atoms with Crippen LogP contribution in [0.25, 0.3) is 0 Å². The van der Waals surface area contributed by atoms with Crippen LogP contribution >= 0.6 is 11.5 Å². The number of nitrogens with one attached hydrogen (secondary N) is 2. The largest absolute Gasteiger partial charge is 0.495 e. The maximum Gasteiger partial charge on any atom is 0.320 e. The van der Waals surface area contributed by atoms with E-state index in [4.69, 9.17) is 4.74 Å². The van der Waals surface area contributed by atoms with Gasteiger partial charge in [-0.1, -0.05) is 0 Å². The van der Waals surface area contributed by atoms with Crippen molar-refractivity contribution in [1.82, 2.24) is 19.6 Å². The quantitative estimate of drug-likeness (QED) is 0.658. The lowest BCUT2D eigenvalue weighted by Crippen LogP contribution is -2.51. The zero-order valence-electron chi connectivity index (χ0n) is 17.3. The summed E-state index contributed by atoms with van der Waals surface area (Å²) in [6, 6.07) is 5.14. The maximum absolute atomic E-state index is 12.5. The average Bonchev–Trinajstić information content (AvgIpc) is 3.11. The molecule has 11 heteroatoms. The monoisotopic (exact) mass is 453 g/mol. The Morgan fingerprint density at radius 2 is 2.20 bits per heavy atom. The second kappa shape index (κ2) is 9.71. The second-order valence-corrected chi connectivity index (χ2v) is 10.6. The lowest BCUT2D eigenvalue weighted by Gasteiger charge is -2.38. The van der Waals surface area contributed by atoms with E-state index in [2.05, 4.69) is 24.9 Å². The van der Waals surface area contributed by atoms with Gasteiger partial charge in [0.15, 0.2) is 0 Å². The third-order valence-corrected chi connectivity index (χ3v) is 6.75. The minimum absolute atomic E-state index is 0.0711. The number of piperidine rings is 1. The van der Waals surface area contributed by atoms with Crippen LogP contribution in [-0.4, -0.2) is 73.5 Å². The van der Waals surface area contributed by atoms with E-state index in [1.54, 1.807) is 13.3 Å². The summed E-state index contributed by atoms with van der Waals surface area (Å²) in [6.45, 7) is 3.65. The van der Waals surface area contributed by atoms with Crippen LogP contribution in [0.3, 0.4) is 0 Å². The lowest BCUT2D eigenvalue weighted by molar-refractivity contribution is 0.180. The van der Waals surface area contributed by atoms with E-state index in [9.17, 15) is 13.2 Å². The molecule has 0 saturated carbocycles. The van der Waals surface area contributed by atoms with Crippen molar-refractivity contribution in [1.29, 1.82) is 0 Å². The summed E-state index contributed by atoms with van der Waals surface area (Å²) in [5, 5.41) is 6.58. The van der Waals surface area contributed by atoms with Gasteiger partial charge >= 0.3 is 6.03 Å². The van der Waals surface area contributed by atoms with Gasteiger partial charge in [0.1, 0.15) is 20.6 Å². The molecule has 9 nitrogen and oxygen atoms in total. The Morgan fingerprint density at radius 1 is 1.40 bits per heavy atom. The predicted molar refractivity (Wildman–Crippen MR) is 117 cm³/mol. The van der Waals surface area contributed by atoms with Crippen molar-refractivity contribution in [3.63, 3.8) is 0 Å². The van der Waals surface area contributed by atoms with Gasteiger partial charge in [0.05, 0.1) is 24.8 Å². The minimum atomic E-state index is -3.04. The molecule has 0 aliphatic carbocycles. The number of hydrogen-bond donors (Lipinski definition) is 2. The van der Waals surface area contributed by atoms with Crippen LogP contribution in [0.15, 0.2) is 24.4 Å². The predicted octanol–water partition coefficient (Wildman–Crippen LogP) is 1.88. The summed E-state index contributed by atoms with van der Waals surface area (Å²) in [7, 11) is -1.45. The number of likely N-dealkylation sites (tertiary alicyclic amines) is 1. The van der Waals surface area contributed by atoms with Crippen LogP contribution in [0.1, 0.15) is 23.7 Å². The molecule has 2 amide bonds. The Balaban J connectivity index is 1.71. The van der Waals surface area contributed by atoms with Crippen molar-refractivity contribution >= 4 is 32.4 Å². The highest BCUT2D eigenvalue weighted by Gasteiger charge is 2.32. The number of pyridine rings is 1. The van der Waals surface area contributed by atoms with Gasteiger partial charge in [0.2, 0.25) is 0 Å². The smallest absolute Gasteiger partial charge is 0.320 e. The Hall–Kier alpha value is -2.24. The van der Waals surface area contributed by atoms with E-state index in [-0.39, 0.29) is 23.7 Å². The third kappa shape index (κ3) is 6.38. The number of nitrogens with zero attached hydrogens (tertiary/aromatic N) is 3. The summed E-state index contributed by atoms with van der Waals surface area (Å²) in [5.74, 6) is 0.698. The van der Waals surface area contributed by atoms with Gasteiger partial charge in [-0.3, -0.25) is 10.3 Å². The molecule has 2 atom stereocenters. The van der Waals surface area contributed by atoms with Crippen LogP contribution in [0.4, 0.5) is 9.80 Å². The SMILES string of the molecule is COc1ccc(C2CN(CCS(C)(=O)=O)CCC2NC(=O)Nc2cc(C)ns2)nc1. The van der Waals surface area contributed by atoms with Gasteiger partial charge in [0.25, 0.3) is 0 Å².